The van der Waals surface area contributed by atoms with Gasteiger partial charge in [-0.2, -0.15) is 0 Å². The maximum Gasteiger partial charge on any atom is 0.335 e. The number of nitrogens with zero attached hydrogens (tertiary/aromatic N) is 1. The van der Waals surface area contributed by atoms with E-state index in [-0.39, 0.29) is 23.8 Å². The number of aromatic carboxylic acids is 1. The van der Waals surface area contributed by atoms with Crippen LogP contribution < -0.4 is 10.2 Å². The summed E-state index contributed by atoms with van der Waals surface area (Å²) in [6.07, 6.45) is 2.17. The minimum atomic E-state index is -1.06. The molecule has 6 nitrogen and oxygen atoms in total. The SMILES string of the molecule is O=C(O)c1cccc(NC(=O)C2CC(=O)N(c3ccc4c5c(cccc35)CC4)C2)c1. The molecule has 2 amide bonds. The van der Waals surface area contributed by atoms with Crippen molar-refractivity contribution in [1.29, 1.82) is 0 Å². The number of carbonyl (C=O) groups is 3. The fourth-order valence-electron chi connectivity index (χ4n) is 4.56. The zero-order valence-corrected chi connectivity index (χ0v) is 16.2. The summed E-state index contributed by atoms with van der Waals surface area (Å²) < 4.78 is 0. The second-order valence-electron chi connectivity index (χ2n) is 7.86. The molecule has 0 aromatic heterocycles. The van der Waals surface area contributed by atoms with Crippen molar-refractivity contribution in [3.05, 3.63) is 71.3 Å². The van der Waals surface area contributed by atoms with Gasteiger partial charge in [0.1, 0.15) is 0 Å². The zero-order valence-electron chi connectivity index (χ0n) is 16.2. The average molecular weight is 400 g/mol. The second-order valence-corrected chi connectivity index (χ2v) is 7.86. The van der Waals surface area contributed by atoms with Gasteiger partial charge in [-0.1, -0.05) is 30.3 Å². The van der Waals surface area contributed by atoms with Crippen LogP contribution in [0.4, 0.5) is 11.4 Å². The number of benzene rings is 3. The van der Waals surface area contributed by atoms with Gasteiger partial charge in [-0.25, -0.2) is 4.79 Å². The normalized spacial score (nSPS) is 17.5. The van der Waals surface area contributed by atoms with Gasteiger partial charge in [-0.05, 0) is 53.6 Å². The molecule has 2 N–H and O–H groups in total. The third kappa shape index (κ3) is 3.01. The van der Waals surface area contributed by atoms with Crippen LogP contribution in [0.5, 0.6) is 0 Å². The van der Waals surface area contributed by atoms with E-state index in [1.807, 2.05) is 18.2 Å². The highest BCUT2D eigenvalue weighted by molar-refractivity contribution is 6.09. The Kier molecular flexibility index (Phi) is 4.28. The highest BCUT2D eigenvalue weighted by atomic mass is 16.4. The Balaban J connectivity index is 1.39. The molecule has 30 heavy (non-hydrogen) atoms. The number of hydrogen-bond acceptors (Lipinski definition) is 3. The van der Waals surface area contributed by atoms with Crippen molar-refractivity contribution in [1.82, 2.24) is 0 Å². The first-order valence-electron chi connectivity index (χ1n) is 9.99. The number of nitrogens with one attached hydrogen (secondary N) is 1. The van der Waals surface area contributed by atoms with Crippen molar-refractivity contribution in [2.24, 2.45) is 5.92 Å². The quantitative estimate of drug-likeness (QED) is 0.700. The van der Waals surface area contributed by atoms with E-state index in [9.17, 15) is 14.4 Å². The fraction of sp³-hybridized carbons (Fsp3) is 0.208. The van der Waals surface area contributed by atoms with Crippen LogP contribution in [0.3, 0.4) is 0 Å². The number of carbonyl (C=O) groups excluding carboxylic acids is 2. The van der Waals surface area contributed by atoms with E-state index >= 15 is 0 Å². The largest absolute Gasteiger partial charge is 0.478 e. The van der Waals surface area contributed by atoms with Crippen LogP contribution in [0.1, 0.15) is 27.9 Å². The molecule has 1 saturated heterocycles. The van der Waals surface area contributed by atoms with Crippen molar-refractivity contribution in [3.8, 4) is 0 Å². The third-order valence-corrected chi connectivity index (χ3v) is 6.02. The van der Waals surface area contributed by atoms with Gasteiger partial charge in [0.2, 0.25) is 11.8 Å². The topological polar surface area (TPSA) is 86.7 Å². The molecule has 0 bridgehead atoms. The summed E-state index contributed by atoms with van der Waals surface area (Å²) >= 11 is 0. The van der Waals surface area contributed by atoms with Gasteiger partial charge in [0.15, 0.2) is 0 Å². The smallest absolute Gasteiger partial charge is 0.335 e. The van der Waals surface area contributed by atoms with E-state index in [0.717, 1.165) is 23.9 Å². The van der Waals surface area contributed by atoms with Crippen molar-refractivity contribution in [3.63, 3.8) is 0 Å². The van der Waals surface area contributed by atoms with Crippen molar-refractivity contribution < 1.29 is 19.5 Å². The molecule has 150 valence electrons. The Bertz CT molecular complexity index is 1210. The van der Waals surface area contributed by atoms with Crippen molar-refractivity contribution in [2.45, 2.75) is 19.3 Å². The van der Waals surface area contributed by atoms with E-state index in [1.165, 1.54) is 28.6 Å². The van der Waals surface area contributed by atoms with Crippen molar-refractivity contribution in [2.75, 3.05) is 16.8 Å². The van der Waals surface area contributed by atoms with E-state index in [2.05, 4.69) is 17.4 Å². The van der Waals surface area contributed by atoms with Gasteiger partial charge < -0.3 is 15.3 Å². The molecule has 2 aliphatic rings. The molecular weight excluding hydrogens is 380 g/mol. The summed E-state index contributed by atoms with van der Waals surface area (Å²) in [5.74, 6) is -1.90. The number of rotatable bonds is 4. The van der Waals surface area contributed by atoms with Crippen LogP contribution in [-0.2, 0) is 22.4 Å². The van der Waals surface area contributed by atoms with E-state index in [4.69, 9.17) is 5.11 Å². The third-order valence-electron chi connectivity index (χ3n) is 6.02. The van der Waals surface area contributed by atoms with Gasteiger partial charge in [0, 0.05) is 24.0 Å². The monoisotopic (exact) mass is 400 g/mol. The highest BCUT2D eigenvalue weighted by Crippen LogP contribution is 2.38. The lowest BCUT2D eigenvalue weighted by atomic mass is 10.0. The zero-order chi connectivity index (χ0) is 20.8. The number of aryl methyl sites for hydroxylation is 2. The molecule has 0 saturated carbocycles. The molecule has 6 heteroatoms. The van der Waals surface area contributed by atoms with E-state index in [0.29, 0.717) is 12.2 Å². The first kappa shape index (κ1) is 18.4. The molecule has 3 aromatic rings. The number of carboxylic acids is 1. The first-order chi connectivity index (χ1) is 14.5. The second kappa shape index (κ2) is 6.99. The van der Waals surface area contributed by atoms with Gasteiger partial charge in [0.05, 0.1) is 17.2 Å². The Hall–Kier alpha value is -3.67. The molecule has 1 aliphatic heterocycles. The van der Waals surface area contributed by atoms with Crippen molar-refractivity contribution >= 4 is 39.9 Å². The summed E-state index contributed by atoms with van der Waals surface area (Å²) in [5.41, 5.74) is 3.99. The summed E-state index contributed by atoms with van der Waals surface area (Å²) in [4.78, 5) is 38.4. The Labute approximate surface area is 173 Å². The number of amides is 2. The molecular formula is C24H20N2O4. The van der Waals surface area contributed by atoms with Crippen LogP contribution >= 0.6 is 0 Å². The maximum atomic E-state index is 12.8. The predicted octanol–water partition coefficient (Wildman–Crippen LogP) is 3.63. The standard InChI is InChI=1S/C24H20N2O4/c27-21-12-17(23(28)25-18-5-1-4-16(11-18)24(29)30)13-26(21)20-10-9-15-8-7-14-3-2-6-19(20)22(14)15/h1-6,9-11,17H,7-8,12-13H2,(H,25,28)(H,29,30). The lowest BCUT2D eigenvalue weighted by Gasteiger charge is -2.20. The van der Waals surface area contributed by atoms with Crippen LogP contribution in [0.2, 0.25) is 0 Å². The summed E-state index contributed by atoms with van der Waals surface area (Å²) in [5, 5.41) is 14.2. The minimum Gasteiger partial charge on any atom is -0.478 e. The maximum absolute atomic E-state index is 12.8. The molecule has 0 radical (unpaired) electrons. The van der Waals surface area contributed by atoms with Gasteiger partial charge in [-0.15, -0.1) is 0 Å². The Morgan fingerprint density at radius 3 is 2.57 bits per heavy atom. The van der Waals surface area contributed by atoms with Crippen LogP contribution in [0.25, 0.3) is 10.8 Å². The van der Waals surface area contributed by atoms with Gasteiger partial charge in [-0.3, -0.25) is 9.59 Å². The first-order valence-corrected chi connectivity index (χ1v) is 9.99. The predicted molar refractivity (Wildman–Crippen MR) is 114 cm³/mol. The molecule has 1 heterocycles. The minimum absolute atomic E-state index is 0.0758. The molecule has 0 spiro atoms. The number of hydrogen-bond donors (Lipinski definition) is 2. The lowest BCUT2D eigenvalue weighted by Crippen LogP contribution is -2.28. The van der Waals surface area contributed by atoms with Crippen LogP contribution in [0.15, 0.2) is 54.6 Å². The molecule has 1 atom stereocenters. The molecule has 1 aliphatic carbocycles. The number of anilines is 2. The lowest BCUT2D eigenvalue weighted by molar-refractivity contribution is -0.122. The molecule has 3 aromatic carbocycles. The molecule has 1 unspecified atom stereocenters. The summed E-state index contributed by atoms with van der Waals surface area (Å²) in [6, 6.07) is 16.4. The van der Waals surface area contributed by atoms with Crippen LogP contribution in [-0.4, -0.2) is 29.4 Å². The molecule has 5 rings (SSSR count). The summed E-state index contributed by atoms with van der Waals surface area (Å²) in [7, 11) is 0. The van der Waals surface area contributed by atoms with Crippen LogP contribution in [0, 0.1) is 5.92 Å². The highest BCUT2D eigenvalue weighted by Gasteiger charge is 2.36. The molecule has 1 fully saturated rings. The fourth-order valence-corrected chi connectivity index (χ4v) is 4.56. The Morgan fingerprint density at radius 1 is 1.00 bits per heavy atom. The van der Waals surface area contributed by atoms with E-state index in [1.54, 1.807) is 17.0 Å². The Morgan fingerprint density at radius 2 is 1.77 bits per heavy atom. The average Bonchev–Trinajstić information content (AvgIpc) is 3.34. The van der Waals surface area contributed by atoms with Gasteiger partial charge >= 0.3 is 5.97 Å². The number of carboxylic acid groups (broad SMARTS) is 1. The summed E-state index contributed by atoms with van der Waals surface area (Å²) in [6.45, 7) is 0.308. The van der Waals surface area contributed by atoms with Gasteiger partial charge in [0.25, 0.3) is 0 Å². The van der Waals surface area contributed by atoms with E-state index < -0.39 is 11.9 Å².